The van der Waals surface area contributed by atoms with Gasteiger partial charge in [0, 0.05) is 11.6 Å². The topological polar surface area (TPSA) is 20.3 Å². The summed E-state index contributed by atoms with van der Waals surface area (Å²) in [6.07, 6.45) is 3.48. The summed E-state index contributed by atoms with van der Waals surface area (Å²) >= 11 is 0. The minimum absolute atomic E-state index is 0.251. The summed E-state index contributed by atoms with van der Waals surface area (Å²) < 4.78 is 0. The molecule has 0 saturated carbocycles. The lowest BCUT2D eigenvalue weighted by molar-refractivity contribution is 0.0926. The molecule has 0 N–H and O–H groups in total. The van der Waals surface area contributed by atoms with Crippen molar-refractivity contribution >= 4 is 5.78 Å². The zero-order chi connectivity index (χ0) is 12.3. The third kappa shape index (κ3) is 2.95. The SMILES string of the molecule is CCc1ccc(C(=O)CN2CCCC2C)cc1. The maximum Gasteiger partial charge on any atom is 0.176 e. The molecule has 92 valence electrons. The van der Waals surface area contributed by atoms with Crippen LogP contribution >= 0.6 is 0 Å². The van der Waals surface area contributed by atoms with Crippen LogP contribution in [-0.2, 0) is 6.42 Å². The second-order valence-electron chi connectivity index (χ2n) is 4.94. The molecule has 2 rings (SSSR count). The Labute approximate surface area is 104 Å². The molecule has 1 aromatic rings. The van der Waals surface area contributed by atoms with Gasteiger partial charge in [0.25, 0.3) is 0 Å². The minimum atomic E-state index is 0.251. The van der Waals surface area contributed by atoms with Gasteiger partial charge in [-0.05, 0) is 38.3 Å². The molecule has 2 heteroatoms. The van der Waals surface area contributed by atoms with E-state index in [1.54, 1.807) is 0 Å². The molecule has 17 heavy (non-hydrogen) atoms. The monoisotopic (exact) mass is 231 g/mol. The second-order valence-corrected chi connectivity index (χ2v) is 4.94. The van der Waals surface area contributed by atoms with Crippen LogP contribution < -0.4 is 0 Å². The lowest BCUT2D eigenvalue weighted by atomic mass is 10.1. The molecule has 0 aliphatic carbocycles. The molecule has 0 bridgehead atoms. The van der Waals surface area contributed by atoms with Crippen molar-refractivity contribution in [1.82, 2.24) is 4.90 Å². The van der Waals surface area contributed by atoms with Crippen molar-refractivity contribution in [2.75, 3.05) is 13.1 Å². The summed E-state index contributed by atoms with van der Waals surface area (Å²) in [5, 5.41) is 0. The van der Waals surface area contributed by atoms with Gasteiger partial charge in [0.1, 0.15) is 0 Å². The Morgan fingerprint density at radius 2 is 2.06 bits per heavy atom. The van der Waals surface area contributed by atoms with Crippen LogP contribution in [0.15, 0.2) is 24.3 Å². The fourth-order valence-electron chi connectivity index (χ4n) is 2.43. The lowest BCUT2D eigenvalue weighted by Gasteiger charge is -2.19. The van der Waals surface area contributed by atoms with Crippen LogP contribution in [0, 0.1) is 0 Å². The molecule has 1 aromatic carbocycles. The molecule has 1 unspecified atom stereocenters. The first kappa shape index (κ1) is 12.3. The molecule has 1 atom stereocenters. The standard InChI is InChI=1S/C15H21NO/c1-3-13-6-8-14(9-7-13)15(17)11-16-10-4-5-12(16)2/h6-9,12H,3-5,10-11H2,1-2H3. The van der Waals surface area contributed by atoms with Crippen molar-refractivity contribution < 1.29 is 4.79 Å². The Balaban J connectivity index is 1.99. The van der Waals surface area contributed by atoms with Crippen LogP contribution in [-0.4, -0.2) is 29.8 Å². The van der Waals surface area contributed by atoms with Crippen LogP contribution in [0.4, 0.5) is 0 Å². The van der Waals surface area contributed by atoms with Gasteiger partial charge >= 0.3 is 0 Å². The molecule has 0 radical (unpaired) electrons. The van der Waals surface area contributed by atoms with Crippen molar-refractivity contribution in [3.63, 3.8) is 0 Å². The summed E-state index contributed by atoms with van der Waals surface area (Å²) in [6, 6.07) is 8.60. The Morgan fingerprint density at radius 1 is 1.35 bits per heavy atom. The van der Waals surface area contributed by atoms with Crippen molar-refractivity contribution in [2.24, 2.45) is 0 Å². The fraction of sp³-hybridized carbons (Fsp3) is 0.533. The maximum atomic E-state index is 12.1. The highest BCUT2D eigenvalue weighted by molar-refractivity contribution is 5.97. The summed E-state index contributed by atoms with van der Waals surface area (Å²) in [5.41, 5.74) is 2.14. The van der Waals surface area contributed by atoms with Crippen LogP contribution in [0.1, 0.15) is 42.6 Å². The summed E-state index contributed by atoms with van der Waals surface area (Å²) in [7, 11) is 0. The van der Waals surface area contributed by atoms with Crippen molar-refractivity contribution in [2.45, 2.75) is 39.2 Å². The van der Waals surface area contributed by atoms with Crippen LogP contribution in [0.3, 0.4) is 0 Å². The number of hydrogen-bond acceptors (Lipinski definition) is 2. The third-order valence-electron chi connectivity index (χ3n) is 3.72. The Hall–Kier alpha value is -1.15. The summed E-state index contributed by atoms with van der Waals surface area (Å²) in [6.45, 7) is 5.98. The number of ketones is 1. The van der Waals surface area contributed by atoms with Gasteiger partial charge < -0.3 is 0 Å². The Bertz CT molecular complexity index is 382. The van der Waals surface area contributed by atoms with Gasteiger partial charge in [-0.2, -0.15) is 0 Å². The lowest BCUT2D eigenvalue weighted by Crippen LogP contribution is -2.32. The number of aryl methyl sites for hydroxylation is 1. The number of rotatable bonds is 4. The normalized spacial score (nSPS) is 20.7. The maximum absolute atomic E-state index is 12.1. The number of carbonyl (C=O) groups is 1. The molecular formula is C15H21NO. The van der Waals surface area contributed by atoms with E-state index < -0.39 is 0 Å². The van der Waals surface area contributed by atoms with Crippen LogP contribution in [0.25, 0.3) is 0 Å². The van der Waals surface area contributed by atoms with E-state index >= 15 is 0 Å². The van der Waals surface area contributed by atoms with E-state index in [0.29, 0.717) is 12.6 Å². The smallest absolute Gasteiger partial charge is 0.176 e. The molecular weight excluding hydrogens is 210 g/mol. The average Bonchev–Trinajstić information content (AvgIpc) is 2.75. The van der Waals surface area contributed by atoms with Crippen LogP contribution in [0.2, 0.25) is 0 Å². The van der Waals surface area contributed by atoms with Gasteiger partial charge in [-0.1, -0.05) is 31.2 Å². The molecule has 2 nitrogen and oxygen atoms in total. The second kappa shape index (κ2) is 5.46. The van der Waals surface area contributed by atoms with Gasteiger partial charge in [-0.3, -0.25) is 9.69 Å². The largest absolute Gasteiger partial charge is 0.293 e. The molecule has 0 spiro atoms. The summed E-state index contributed by atoms with van der Waals surface area (Å²) in [5.74, 6) is 0.251. The van der Waals surface area contributed by atoms with E-state index in [1.165, 1.54) is 18.4 Å². The molecule has 1 heterocycles. The number of nitrogens with zero attached hydrogens (tertiary/aromatic N) is 1. The average molecular weight is 231 g/mol. The number of carbonyl (C=O) groups excluding carboxylic acids is 1. The third-order valence-corrected chi connectivity index (χ3v) is 3.72. The van der Waals surface area contributed by atoms with E-state index in [1.807, 2.05) is 12.1 Å². The quantitative estimate of drug-likeness (QED) is 0.743. The molecule has 1 aliphatic rings. The predicted molar refractivity (Wildman–Crippen MR) is 70.4 cm³/mol. The fourth-order valence-corrected chi connectivity index (χ4v) is 2.43. The van der Waals surface area contributed by atoms with Crippen molar-refractivity contribution in [3.8, 4) is 0 Å². The highest BCUT2D eigenvalue weighted by atomic mass is 16.1. The van der Waals surface area contributed by atoms with E-state index in [9.17, 15) is 4.79 Å². The first-order valence-electron chi connectivity index (χ1n) is 6.57. The summed E-state index contributed by atoms with van der Waals surface area (Å²) in [4.78, 5) is 14.4. The number of Topliss-reactive ketones (excluding diaryl/α,β-unsaturated/α-hetero) is 1. The van der Waals surface area contributed by atoms with E-state index in [0.717, 1.165) is 18.5 Å². The Kier molecular flexibility index (Phi) is 3.95. The number of likely N-dealkylation sites (tertiary alicyclic amines) is 1. The van der Waals surface area contributed by atoms with Crippen molar-refractivity contribution in [1.29, 1.82) is 0 Å². The Morgan fingerprint density at radius 3 is 2.59 bits per heavy atom. The first-order chi connectivity index (χ1) is 8.20. The predicted octanol–water partition coefficient (Wildman–Crippen LogP) is 2.92. The highest BCUT2D eigenvalue weighted by Crippen LogP contribution is 2.17. The van der Waals surface area contributed by atoms with Crippen molar-refractivity contribution in [3.05, 3.63) is 35.4 Å². The first-order valence-corrected chi connectivity index (χ1v) is 6.57. The van der Waals surface area contributed by atoms with E-state index in [2.05, 4.69) is 30.9 Å². The van der Waals surface area contributed by atoms with Gasteiger partial charge in [0.2, 0.25) is 0 Å². The van der Waals surface area contributed by atoms with Gasteiger partial charge in [0.05, 0.1) is 6.54 Å². The zero-order valence-electron chi connectivity index (χ0n) is 10.8. The molecule has 1 fully saturated rings. The van der Waals surface area contributed by atoms with Gasteiger partial charge in [-0.25, -0.2) is 0 Å². The number of benzene rings is 1. The molecule has 0 amide bonds. The minimum Gasteiger partial charge on any atom is -0.293 e. The molecule has 1 aliphatic heterocycles. The van der Waals surface area contributed by atoms with E-state index in [4.69, 9.17) is 0 Å². The number of hydrogen-bond donors (Lipinski definition) is 0. The zero-order valence-corrected chi connectivity index (χ0v) is 10.8. The molecule has 0 aromatic heterocycles. The molecule has 1 saturated heterocycles. The highest BCUT2D eigenvalue weighted by Gasteiger charge is 2.22. The van der Waals surface area contributed by atoms with Crippen LogP contribution in [0.5, 0.6) is 0 Å². The van der Waals surface area contributed by atoms with Gasteiger partial charge in [-0.15, -0.1) is 0 Å². The van der Waals surface area contributed by atoms with Gasteiger partial charge in [0.15, 0.2) is 5.78 Å². The van der Waals surface area contributed by atoms with E-state index in [-0.39, 0.29) is 5.78 Å².